The third-order valence-corrected chi connectivity index (χ3v) is 4.14. The third-order valence-electron chi connectivity index (χ3n) is 4.14. The molecule has 0 aliphatic carbocycles. The Hall–Kier alpha value is -3.26. The molecule has 8 nitrogen and oxygen atoms in total. The summed E-state index contributed by atoms with van der Waals surface area (Å²) in [5.41, 5.74) is 1.18. The fraction of sp³-hybridized carbons (Fsp3) is 0.333. The Kier molecular flexibility index (Phi) is 8.78. The lowest BCUT2D eigenvalue weighted by Gasteiger charge is -2.26. The average Bonchev–Trinajstić information content (AvgIpc) is 2.71. The predicted molar refractivity (Wildman–Crippen MR) is 106 cm³/mol. The van der Waals surface area contributed by atoms with Crippen LogP contribution >= 0.6 is 0 Å². The molecular weight excluding hydrogens is 378 g/mol. The van der Waals surface area contributed by atoms with E-state index < -0.39 is 11.9 Å². The average molecular weight is 403 g/mol. The van der Waals surface area contributed by atoms with Gasteiger partial charge in [-0.1, -0.05) is 24.3 Å². The number of benzene rings is 2. The molecule has 156 valence electrons. The van der Waals surface area contributed by atoms with E-state index in [1.807, 2.05) is 36.4 Å². The highest BCUT2D eigenvalue weighted by Gasteiger charge is 2.19. The smallest absolute Gasteiger partial charge is 0.414 e. The Morgan fingerprint density at radius 1 is 1.10 bits per heavy atom. The van der Waals surface area contributed by atoms with Crippen LogP contribution in [0.15, 0.2) is 48.5 Å². The molecule has 0 bridgehead atoms. The molecule has 1 aliphatic rings. The summed E-state index contributed by atoms with van der Waals surface area (Å²) < 4.78 is 11.6. The Labute approximate surface area is 168 Å². The topological polar surface area (TPSA) is 125 Å². The lowest BCUT2D eigenvalue weighted by Crippen LogP contribution is -2.34. The second-order valence-corrected chi connectivity index (χ2v) is 6.40. The van der Waals surface area contributed by atoms with E-state index >= 15 is 0 Å². The van der Waals surface area contributed by atoms with E-state index in [4.69, 9.17) is 29.3 Å². The van der Waals surface area contributed by atoms with Gasteiger partial charge < -0.3 is 30.1 Å². The summed E-state index contributed by atoms with van der Waals surface area (Å²) in [7, 11) is 0. The molecule has 1 heterocycles. The molecule has 1 atom stereocenters. The van der Waals surface area contributed by atoms with E-state index in [1.165, 1.54) is 5.56 Å². The van der Waals surface area contributed by atoms with Crippen LogP contribution in [0, 0.1) is 0 Å². The van der Waals surface area contributed by atoms with Crippen molar-refractivity contribution in [2.75, 3.05) is 19.7 Å². The van der Waals surface area contributed by atoms with Gasteiger partial charge in [0.2, 0.25) is 0 Å². The van der Waals surface area contributed by atoms with Crippen LogP contribution in [0.3, 0.4) is 0 Å². The largest absolute Gasteiger partial charge is 0.508 e. The van der Waals surface area contributed by atoms with Gasteiger partial charge in [-0.05, 0) is 49.6 Å². The zero-order valence-corrected chi connectivity index (χ0v) is 15.9. The summed E-state index contributed by atoms with van der Waals surface area (Å²) in [5.74, 6) is -1.66. The highest BCUT2D eigenvalue weighted by Crippen LogP contribution is 2.30. The first-order valence-electron chi connectivity index (χ1n) is 9.29. The van der Waals surface area contributed by atoms with Gasteiger partial charge in [0.05, 0.1) is 6.61 Å². The minimum Gasteiger partial charge on any atom is -0.508 e. The van der Waals surface area contributed by atoms with E-state index in [1.54, 1.807) is 12.1 Å². The molecule has 3 rings (SSSR count). The zero-order valence-electron chi connectivity index (χ0n) is 15.9. The van der Waals surface area contributed by atoms with Crippen molar-refractivity contribution in [2.45, 2.75) is 25.4 Å². The molecule has 4 N–H and O–H groups in total. The third kappa shape index (κ3) is 8.10. The minimum absolute atomic E-state index is 0.166. The maximum Gasteiger partial charge on any atom is 0.414 e. The lowest BCUT2D eigenvalue weighted by atomic mass is 10.0. The quantitative estimate of drug-likeness (QED) is 0.410. The van der Waals surface area contributed by atoms with Gasteiger partial charge in [-0.15, -0.1) is 0 Å². The van der Waals surface area contributed by atoms with Gasteiger partial charge in [0.1, 0.15) is 23.4 Å². The van der Waals surface area contributed by atoms with Crippen LogP contribution in [0.25, 0.3) is 0 Å². The molecule has 29 heavy (non-hydrogen) atoms. The SMILES string of the molecule is O=C(O)C(=O)O.Oc1ccc2c(c1)OC(CNCCCOc1ccccc1)CC2. The van der Waals surface area contributed by atoms with Gasteiger partial charge in [0.25, 0.3) is 0 Å². The number of hydrogen-bond acceptors (Lipinski definition) is 6. The van der Waals surface area contributed by atoms with Gasteiger partial charge in [0.15, 0.2) is 0 Å². The molecule has 0 aromatic heterocycles. The molecular formula is C21H25NO7. The number of hydrogen-bond donors (Lipinski definition) is 4. The summed E-state index contributed by atoms with van der Waals surface area (Å²) in [5, 5.41) is 27.7. The van der Waals surface area contributed by atoms with Gasteiger partial charge in [-0.3, -0.25) is 0 Å². The Morgan fingerprint density at radius 2 is 1.83 bits per heavy atom. The Bertz CT molecular complexity index is 783. The van der Waals surface area contributed by atoms with E-state index in [0.717, 1.165) is 43.9 Å². The second kappa shape index (κ2) is 11.6. The molecule has 8 heteroatoms. The monoisotopic (exact) mass is 403 g/mol. The maximum atomic E-state index is 9.53. The van der Waals surface area contributed by atoms with Crippen LogP contribution in [-0.2, 0) is 16.0 Å². The first-order valence-corrected chi connectivity index (χ1v) is 9.29. The number of phenolic OH excluding ortho intramolecular Hbond substituents is 1. The van der Waals surface area contributed by atoms with Crippen molar-refractivity contribution in [3.8, 4) is 17.2 Å². The number of nitrogens with one attached hydrogen (secondary N) is 1. The van der Waals surface area contributed by atoms with Gasteiger partial charge in [-0.2, -0.15) is 0 Å². The van der Waals surface area contributed by atoms with Gasteiger partial charge in [0, 0.05) is 12.6 Å². The van der Waals surface area contributed by atoms with Crippen molar-refractivity contribution in [1.29, 1.82) is 0 Å². The lowest BCUT2D eigenvalue weighted by molar-refractivity contribution is -0.159. The van der Waals surface area contributed by atoms with E-state index in [-0.39, 0.29) is 11.9 Å². The molecule has 0 fully saturated rings. The minimum atomic E-state index is -1.82. The molecule has 0 spiro atoms. The predicted octanol–water partition coefficient (Wildman–Crippen LogP) is 2.30. The number of carbonyl (C=O) groups is 2. The standard InChI is InChI=1S/C19H23NO3.C2H2O4/c21-16-9-7-15-8-10-18(23-19(15)13-16)14-20-11-4-12-22-17-5-2-1-3-6-17;3-1(4)2(5)6/h1-3,5-7,9,13,18,20-21H,4,8,10-12,14H2;(H,3,4)(H,5,6). The molecule has 0 radical (unpaired) electrons. The number of ether oxygens (including phenoxy) is 2. The highest BCUT2D eigenvalue weighted by atomic mass is 16.5. The molecule has 1 unspecified atom stereocenters. The molecule has 0 amide bonds. The Morgan fingerprint density at radius 3 is 2.52 bits per heavy atom. The molecule has 1 aliphatic heterocycles. The van der Waals surface area contributed by atoms with Gasteiger partial charge >= 0.3 is 11.9 Å². The first-order chi connectivity index (χ1) is 14.0. The summed E-state index contributed by atoms with van der Waals surface area (Å²) in [6, 6.07) is 15.2. The van der Waals surface area contributed by atoms with Crippen molar-refractivity contribution >= 4 is 11.9 Å². The van der Waals surface area contributed by atoms with Crippen molar-refractivity contribution < 1.29 is 34.4 Å². The van der Waals surface area contributed by atoms with Crippen LogP contribution in [0.4, 0.5) is 0 Å². The van der Waals surface area contributed by atoms with Crippen molar-refractivity contribution in [3.05, 3.63) is 54.1 Å². The summed E-state index contributed by atoms with van der Waals surface area (Å²) >= 11 is 0. The second-order valence-electron chi connectivity index (χ2n) is 6.40. The fourth-order valence-corrected chi connectivity index (χ4v) is 2.73. The number of phenols is 1. The van der Waals surface area contributed by atoms with E-state index in [2.05, 4.69) is 5.32 Å². The summed E-state index contributed by atoms with van der Waals surface area (Å²) in [4.78, 5) is 18.2. The number of aliphatic carboxylic acids is 2. The van der Waals surface area contributed by atoms with Gasteiger partial charge in [-0.25, -0.2) is 9.59 Å². The van der Waals surface area contributed by atoms with Crippen LogP contribution in [-0.4, -0.2) is 53.1 Å². The number of para-hydroxylation sites is 1. The number of carboxylic acid groups (broad SMARTS) is 2. The number of carboxylic acids is 2. The van der Waals surface area contributed by atoms with Crippen LogP contribution in [0.2, 0.25) is 0 Å². The van der Waals surface area contributed by atoms with E-state index in [0.29, 0.717) is 6.61 Å². The van der Waals surface area contributed by atoms with Crippen LogP contribution in [0.5, 0.6) is 17.2 Å². The highest BCUT2D eigenvalue weighted by molar-refractivity contribution is 6.27. The van der Waals surface area contributed by atoms with Crippen molar-refractivity contribution in [3.63, 3.8) is 0 Å². The molecule has 0 saturated heterocycles. The normalized spacial score (nSPS) is 14.6. The maximum absolute atomic E-state index is 9.53. The summed E-state index contributed by atoms with van der Waals surface area (Å²) in [6.07, 6.45) is 3.13. The summed E-state index contributed by atoms with van der Waals surface area (Å²) in [6.45, 7) is 2.43. The molecule has 2 aromatic rings. The first kappa shape index (κ1) is 22.0. The Balaban J connectivity index is 0.000000438. The van der Waals surface area contributed by atoms with Crippen molar-refractivity contribution in [1.82, 2.24) is 5.32 Å². The van der Waals surface area contributed by atoms with Crippen LogP contribution in [0.1, 0.15) is 18.4 Å². The van der Waals surface area contributed by atoms with Crippen molar-refractivity contribution in [2.24, 2.45) is 0 Å². The number of fused-ring (bicyclic) bond motifs is 1. The molecule has 2 aromatic carbocycles. The fourth-order valence-electron chi connectivity index (χ4n) is 2.73. The molecule has 0 saturated carbocycles. The van der Waals surface area contributed by atoms with E-state index in [9.17, 15) is 5.11 Å². The number of aromatic hydroxyl groups is 1. The van der Waals surface area contributed by atoms with Crippen LogP contribution < -0.4 is 14.8 Å². The zero-order chi connectivity index (χ0) is 21.1. The number of aryl methyl sites for hydroxylation is 1. The number of rotatable bonds is 7.